The number of nitrogens with zero attached hydrogens (tertiary/aromatic N) is 1. The van der Waals surface area contributed by atoms with Gasteiger partial charge in [-0.25, -0.2) is 9.78 Å². The third-order valence-corrected chi connectivity index (χ3v) is 3.11. The predicted octanol–water partition coefficient (Wildman–Crippen LogP) is 3.08. The maximum absolute atomic E-state index is 11.8. The minimum absolute atomic E-state index is 0. The van der Waals surface area contributed by atoms with Crippen molar-refractivity contribution in [2.24, 2.45) is 0 Å². The van der Waals surface area contributed by atoms with Crippen LogP contribution in [-0.2, 0) is 0 Å². The van der Waals surface area contributed by atoms with E-state index in [9.17, 15) is 4.79 Å². The van der Waals surface area contributed by atoms with Crippen molar-refractivity contribution in [3.8, 4) is 11.3 Å². The molecule has 18 heavy (non-hydrogen) atoms. The summed E-state index contributed by atoms with van der Waals surface area (Å²) in [7, 11) is 0. The van der Waals surface area contributed by atoms with Crippen LogP contribution in [0.25, 0.3) is 22.2 Å². The summed E-state index contributed by atoms with van der Waals surface area (Å²) < 4.78 is 5.22. The van der Waals surface area contributed by atoms with Gasteiger partial charge in [-0.15, -0.1) is 28.3 Å². The van der Waals surface area contributed by atoms with Crippen molar-refractivity contribution in [3.63, 3.8) is 0 Å². The highest BCUT2D eigenvalue weighted by Crippen LogP contribution is 2.23. The molecule has 0 atom stereocenters. The summed E-state index contributed by atoms with van der Waals surface area (Å²) in [4.78, 5) is 15.9. The molecule has 0 bridgehead atoms. The molecule has 2 N–H and O–H groups in total. The number of nitrogen functional groups attached to an aromatic ring is 1. The fourth-order valence-electron chi connectivity index (χ4n) is 1.65. The molecular weight excluding hydrogens is 316 g/mol. The molecule has 0 unspecified atom stereocenters. The fraction of sp³-hybridized carbons (Fsp3) is 0. The summed E-state index contributed by atoms with van der Waals surface area (Å²) in [6.45, 7) is 0. The van der Waals surface area contributed by atoms with Crippen molar-refractivity contribution in [2.75, 3.05) is 5.73 Å². The van der Waals surface area contributed by atoms with Crippen molar-refractivity contribution < 1.29 is 4.42 Å². The zero-order chi connectivity index (χ0) is 11.8. The number of thiazole rings is 1. The molecule has 0 aliphatic carbocycles. The second-order valence-electron chi connectivity index (χ2n) is 3.56. The van der Waals surface area contributed by atoms with Crippen LogP contribution in [0.5, 0.6) is 0 Å². The first-order valence-corrected chi connectivity index (χ1v) is 5.86. The first kappa shape index (κ1) is 12.8. The van der Waals surface area contributed by atoms with E-state index in [0.29, 0.717) is 22.0 Å². The molecule has 3 aromatic rings. The van der Waals surface area contributed by atoms with E-state index < -0.39 is 5.63 Å². The number of rotatable bonds is 1. The largest absolute Gasteiger partial charge is 0.422 e. The van der Waals surface area contributed by atoms with E-state index in [0.717, 1.165) is 5.39 Å². The molecule has 0 aliphatic rings. The number of benzene rings is 1. The zero-order valence-electron chi connectivity index (χ0n) is 9.12. The van der Waals surface area contributed by atoms with Gasteiger partial charge in [0.25, 0.3) is 0 Å². The molecule has 0 saturated heterocycles. The van der Waals surface area contributed by atoms with Gasteiger partial charge in [-0.1, -0.05) is 18.2 Å². The van der Waals surface area contributed by atoms with Gasteiger partial charge in [0.15, 0.2) is 5.13 Å². The Balaban J connectivity index is 0.00000120. The van der Waals surface area contributed by atoms with Crippen LogP contribution in [0.4, 0.5) is 5.13 Å². The monoisotopic (exact) mass is 324 g/mol. The molecule has 2 aromatic heterocycles. The van der Waals surface area contributed by atoms with Crippen LogP contribution >= 0.6 is 28.3 Å². The summed E-state index contributed by atoms with van der Waals surface area (Å²) >= 11 is 1.30. The van der Waals surface area contributed by atoms with Gasteiger partial charge in [0.05, 0.1) is 11.3 Å². The van der Waals surface area contributed by atoms with Crippen LogP contribution in [-0.4, -0.2) is 4.98 Å². The van der Waals surface area contributed by atoms with E-state index in [2.05, 4.69) is 4.98 Å². The molecule has 0 radical (unpaired) electrons. The van der Waals surface area contributed by atoms with Crippen LogP contribution in [0.3, 0.4) is 0 Å². The molecule has 0 saturated carbocycles. The lowest BCUT2D eigenvalue weighted by Gasteiger charge is -1.98. The zero-order valence-corrected chi connectivity index (χ0v) is 11.7. The van der Waals surface area contributed by atoms with Crippen molar-refractivity contribution in [1.29, 1.82) is 0 Å². The van der Waals surface area contributed by atoms with Crippen molar-refractivity contribution in [2.45, 2.75) is 0 Å². The SMILES string of the molecule is Br.Nc1nc(-c2cc3ccccc3oc2=O)cs1. The Bertz CT molecular complexity index is 751. The summed E-state index contributed by atoms with van der Waals surface area (Å²) in [6.07, 6.45) is 0. The smallest absolute Gasteiger partial charge is 0.345 e. The van der Waals surface area contributed by atoms with Gasteiger partial charge in [-0.2, -0.15) is 0 Å². The molecule has 3 rings (SSSR count). The fourth-order valence-corrected chi connectivity index (χ4v) is 2.21. The number of hydrogen-bond acceptors (Lipinski definition) is 5. The lowest BCUT2D eigenvalue weighted by molar-refractivity contribution is 0.563. The van der Waals surface area contributed by atoms with E-state index in [4.69, 9.17) is 10.2 Å². The van der Waals surface area contributed by atoms with Gasteiger partial charge >= 0.3 is 5.63 Å². The summed E-state index contributed by atoms with van der Waals surface area (Å²) in [5.41, 5.74) is 6.74. The standard InChI is InChI=1S/C12H8N2O2S.BrH/c13-12-14-9(6-17-12)8-5-7-3-1-2-4-10(7)16-11(8)15;/h1-6H,(H2,13,14);1H. The first-order valence-electron chi connectivity index (χ1n) is 4.98. The predicted molar refractivity (Wildman–Crippen MR) is 78.3 cm³/mol. The maximum atomic E-state index is 11.8. The Morgan fingerprint density at radius 2 is 2.06 bits per heavy atom. The van der Waals surface area contributed by atoms with Gasteiger partial charge in [0.1, 0.15) is 5.58 Å². The Labute approximate surface area is 117 Å². The van der Waals surface area contributed by atoms with Crippen molar-refractivity contribution in [3.05, 3.63) is 46.1 Å². The topological polar surface area (TPSA) is 69.1 Å². The minimum atomic E-state index is -0.394. The van der Waals surface area contributed by atoms with Crippen LogP contribution in [0, 0.1) is 0 Å². The number of fused-ring (bicyclic) bond motifs is 1. The van der Waals surface area contributed by atoms with E-state index in [1.54, 1.807) is 17.5 Å². The van der Waals surface area contributed by atoms with Gasteiger partial charge in [0, 0.05) is 10.8 Å². The molecule has 1 aromatic carbocycles. The number of halogens is 1. The van der Waals surface area contributed by atoms with Crippen molar-refractivity contribution in [1.82, 2.24) is 4.98 Å². The second kappa shape index (κ2) is 4.91. The number of hydrogen-bond donors (Lipinski definition) is 1. The van der Waals surface area contributed by atoms with Gasteiger partial charge in [0.2, 0.25) is 0 Å². The van der Waals surface area contributed by atoms with Crippen LogP contribution in [0.15, 0.2) is 44.9 Å². The molecular formula is C12H9BrN2O2S. The molecule has 4 nitrogen and oxygen atoms in total. The van der Waals surface area contributed by atoms with Crippen LogP contribution in [0.2, 0.25) is 0 Å². The molecule has 6 heteroatoms. The Hall–Kier alpha value is -1.66. The number of para-hydroxylation sites is 1. The lowest BCUT2D eigenvalue weighted by atomic mass is 10.1. The molecule has 92 valence electrons. The van der Waals surface area contributed by atoms with E-state index in [1.165, 1.54) is 11.3 Å². The maximum Gasteiger partial charge on any atom is 0.345 e. The van der Waals surface area contributed by atoms with Crippen molar-refractivity contribution >= 4 is 44.4 Å². The minimum Gasteiger partial charge on any atom is -0.422 e. The molecule has 0 amide bonds. The highest BCUT2D eigenvalue weighted by Gasteiger charge is 2.10. The lowest BCUT2D eigenvalue weighted by Crippen LogP contribution is -2.02. The quantitative estimate of drug-likeness (QED) is 0.698. The number of nitrogens with two attached hydrogens (primary N) is 1. The molecule has 0 fully saturated rings. The summed E-state index contributed by atoms with van der Waals surface area (Å²) in [6, 6.07) is 9.14. The second-order valence-corrected chi connectivity index (χ2v) is 4.45. The average molecular weight is 325 g/mol. The third-order valence-electron chi connectivity index (χ3n) is 2.44. The highest BCUT2D eigenvalue weighted by molar-refractivity contribution is 8.93. The van der Waals surface area contributed by atoms with Gasteiger partial charge in [-0.05, 0) is 12.1 Å². The first-order chi connectivity index (χ1) is 8.24. The van der Waals surface area contributed by atoms with E-state index in [-0.39, 0.29) is 17.0 Å². The van der Waals surface area contributed by atoms with E-state index in [1.807, 2.05) is 18.2 Å². The highest BCUT2D eigenvalue weighted by atomic mass is 79.9. The molecule has 2 heterocycles. The average Bonchev–Trinajstić information content (AvgIpc) is 2.75. The number of anilines is 1. The number of aromatic nitrogens is 1. The van der Waals surface area contributed by atoms with Crippen LogP contribution in [0.1, 0.15) is 0 Å². The summed E-state index contributed by atoms with van der Waals surface area (Å²) in [5.74, 6) is 0. The Kier molecular flexibility index (Phi) is 3.49. The molecule has 0 spiro atoms. The normalized spacial score (nSPS) is 10.2. The van der Waals surface area contributed by atoms with Gasteiger partial charge in [-0.3, -0.25) is 0 Å². The Morgan fingerprint density at radius 1 is 1.28 bits per heavy atom. The van der Waals surface area contributed by atoms with Crippen LogP contribution < -0.4 is 11.4 Å². The molecule has 0 aliphatic heterocycles. The van der Waals surface area contributed by atoms with Gasteiger partial charge < -0.3 is 10.2 Å². The Morgan fingerprint density at radius 3 is 2.78 bits per heavy atom. The van der Waals surface area contributed by atoms with E-state index >= 15 is 0 Å². The third kappa shape index (κ3) is 2.16. The summed E-state index contributed by atoms with van der Waals surface area (Å²) in [5, 5.41) is 3.05.